The zero-order valence-electron chi connectivity index (χ0n) is 21.3. The molecule has 200 valence electrons. The zero-order valence-corrected chi connectivity index (χ0v) is 21.3. The van der Waals surface area contributed by atoms with Crippen molar-refractivity contribution in [1.82, 2.24) is 0 Å². The summed E-state index contributed by atoms with van der Waals surface area (Å²) in [4.78, 5) is 0. The molecule has 0 amide bonds. The van der Waals surface area contributed by atoms with Gasteiger partial charge >= 0.3 is 6.36 Å². The van der Waals surface area contributed by atoms with Crippen LogP contribution < -0.4 is 4.74 Å². The van der Waals surface area contributed by atoms with Crippen molar-refractivity contribution in [2.75, 3.05) is 0 Å². The van der Waals surface area contributed by atoms with E-state index in [0.29, 0.717) is 29.2 Å². The van der Waals surface area contributed by atoms with Crippen LogP contribution in [0.25, 0.3) is 22.3 Å². The van der Waals surface area contributed by atoms with Crippen molar-refractivity contribution in [2.45, 2.75) is 71.6 Å². The number of benzene rings is 3. The third-order valence-electron chi connectivity index (χ3n) is 6.75. The van der Waals surface area contributed by atoms with Crippen molar-refractivity contribution in [3.05, 3.63) is 77.6 Å². The maximum Gasteiger partial charge on any atom is 0.573 e. The Morgan fingerprint density at radius 3 is 1.78 bits per heavy atom. The number of halogens is 6. The standard InChI is InChI=1S/C28H26F6O.C2H6/c1-2-3-17-4-6-18(7-5-17)19-8-10-20(11-9-19)22-15-24(30)27(25(31)16-22)21-12-13-26(23(29)14-21)35-28(32,33)34;1-2/h8-18H,2-7H2,1H3;1-2H3. The van der Waals surface area contributed by atoms with Gasteiger partial charge in [0.1, 0.15) is 11.6 Å². The molecule has 0 N–H and O–H groups in total. The minimum Gasteiger partial charge on any atom is -0.403 e. The topological polar surface area (TPSA) is 9.23 Å². The van der Waals surface area contributed by atoms with Gasteiger partial charge in [-0.15, -0.1) is 13.2 Å². The average Bonchev–Trinajstić information content (AvgIpc) is 2.86. The largest absolute Gasteiger partial charge is 0.573 e. The van der Waals surface area contributed by atoms with Crippen molar-refractivity contribution in [3.8, 4) is 28.0 Å². The fourth-order valence-corrected chi connectivity index (χ4v) is 5.02. The summed E-state index contributed by atoms with van der Waals surface area (Å²) in [6.45, 7) is 6.21. The van der Waals surface area contributed by atoms with Gasteiger partial charge in [0, 0.05) is 0 Å². The summed E-state index contributed by atoms with van der Waals surface area (Å²) in [5, 5.41) is 0. The van der Waals surface area contributed by atoms with Crippen molar-refractivity contribution in [2.24, 2.45) is 5.92 Å². The van der Waals surface area contributed by atoms with Gasteiger partial charge < -0.3 is 4.74 Å². The molecule has 0 saturated heterocycles. The second kappa shape index (κ2) is 12.5. The molecule has 3 aromatic carbocycles. The van der Waals surface area contributed by atoms with Crippen LogP contribution in [-0.2, 0) is 0 Å². The summed E-state index contributed by atoms with van der Waals surface area (Å²) in [5.74, 6) is -3.03. The maximum atomic E-state index is 14.9. The molecule has 0 aliphatic heterocycles. The molecule has 1 aliphatic carbocycles. The molecule has 0 radical (unpaired) electrons. The molecule has 1 aliphatic rings. The summed E-state index contributed by atoms with van der Waals surface area (Å²) >= 11 is 0. The molecule has 7 heteroatoms. The van der Waals surface area contributed by atoms with Crippen molar-refractivity contribution >= 4 is 0 Å². The van der Waals surface area contributed by atoms with E-state index in [1.807, 2.05) is 38.1 Å². The lowest BCUT2D eigenvalue weighted by molar-refractivity contribution is -0.275. The Morgan fingerprint density at radius 2 is 1.27 bits per heavy atom. The molecule has 37 heavy (non-hydrogen) atoms. The van der Waals surface area contributed by atoms with E-state index in [2.05, 4.69) is 11.7 Å². The Hall–Kier alpha value is -2.96. The molecule has 0 heterocycles. The minimum atomic E-state index is -5.08. The minimum absolute atomic E-state index is 0.229. The molecule has 0 unspecified atom stereocenters. The second-order valence-electron chi connectivity index (χ2n) is 9.14. The third-order valence-corrected chi connectivity index (χ3v) is 6.75. The summed E-state index contributed by atoms with van der Waals surface area (Å²) in [6, 6.07) is 12.2. The smallest absolute Gasteiger partial charge is 0.403 e. The first-order valence-corrected chi connectivity index (χ1v) is 12.8. The molecule has 1 saturated carbocycles. The monoisotopic (exact) mass is 522 g/mol. The van der Waals surface area contributed by atoms with Gasteiger partial charge in [-0.2, -0.15) is 0 Å². The van der Waals surface area contributed by atoms with Gasteiger partial charge in [-0.3, -0.25) is 0 Å². The number of ether oxygens (including phenoxy) is 1. The number of alkyl halides is 3. The average molecular weight is 523 g/mol. The lowest BCUT2D eigenvalue weighted by atomic mass is 9.77. The summed E-state index contributed by atoms with van der Waals surface area (Å²) < 4.78 is 84.4. The first-order chi connectivity index (χ1) is 17.6. The zero-order chi connectivity index (χ0) is 27.2. The molecule has 1 fully saturated rings. The first kappa shape index (κ1) is 28.6. The highest BCUT2D eigenvalue weighted by Crippen LogP contribution is 2.39. The van der Waals surface area contributed by atoms with E-state index in [1.165, 1.54) is 31.2 Å². The van der Waals surface area contributed by atoms with Crippen molar-refractivity contribution in [1.29, 1.82) is 0 Å². The van der Waals surface area contributed by atoms with Crippen LogP contribution in [0.2, 0.25) is 0 Å². The highest BCUT2D eigenvalue weighted by atomic mass is 19.4. The van der Waals surface area contributed by atoms with Gasteiger partial charge in [0.2, 0.25) is 0 Å². The van der Waals surface area contributed by atoms with Crippen LogP contribution in [0.15, 0.2) is 54.6 Å². The maximum absolute atomic E-state index is 14.9. The molecule has 4 rings (SSSR count). The SMILES string of the molecule is CC.CCCC1CCC(c2ccc(-c3cc(F)c(-c4ccc(OC(F)(F)F)c(F)c4)c(F)c3)cc2)CC1. The van der Waals surface area contributed by atoms with E-state index in [-0.39, 0.29) is 5.56 Å². The first-order valence-electron chi connectivity index (χ1n) is 12.8. The van der Waals surface area contributed by atoms with Crippen LogP contribution in [0.1, 0.15) is 70.8 Å². The summed E-state index contributed by atoms with van der Waals surface area (Å²) in [5.41, 5.74) is 1.43. The van der Waals surface area contributed by atoms with Gasteiger partial charge in [-0.05, 0) is 84.0 Å². The fourth-order valence-electron chi connectivity index (χ4n) is 5.02. The summed E-state index contributed by atoms with van der Waals surface area (Å²) in [7, 11) is 0. The van der Waals surface area contributed by atoms with E-state index in [1.54, 1.807) is 0 Å². The predicted octanol–water partition coefficient (Wildman–Crippen LogP) is 10.4. The number of rotatable bonds is 6. The van der Waals surface area contributed by atoms with E-state index in [9.17, 15) is 26.3 Å². The van der Waals surface area contributed by atoms with Gasteiger partial charge in [0.05, 0.1) is 5.56 Å². The van der Waals surface area contributed by atoms with E-state index >= 15 is 0 Å². The molecule has 0 aromatic heterocycles. The highest BCUT2D eigenvalue weighted by Gasteiger charge is 2.32. The molecule has 0 atom stereocenters. The number of hydrogen-bond donors (Lipinski definition) is 0. The van der Waals surface area contributed by atoms with Gasteiger partial charge in [0.15, 0.2) is 11.6 Å². The Labute approximate surface area is 214 Å². The predicted molar refractivity (Wildman–Crippen MR) is 135 cm³/mol. The van der Waals surface area contributed by atoms with Crippen LogP contribution in [-0.4, -0.2) is 6.36 Å². The van der Waals surface area contributed by atoms with Crippen LogP contribution >= 0.6 is 0 Å². The molecular formula is C30H32F6O. The van der Waals surface area contributed by atoms with E-state index < -0.39 is 35.1 Å². The highest BCUT2D eigenvalue weighted by molar-refractivity contribution is 5.72. The van der Waals surface area contributed by atoms with Gasteiger partial charge in [-0.1, -0.05) is 63.9 Å². The normalized spacial score (nSPS) is 17.6. The van der Waals surface area contributed by atoms with Gasteiger partial charge in [-0.25, -0.2) is 13.2 Å². The summed E-state index contributed by atoms with van der Waals surface area (Å²) in [6.07, 6.45) is 2.14. The lowest BCUT2D eigenvalue weighted by Crippen LogP contribution is -2.17. The molecule has 1 nitrogen and oxygen atoms in total. The van der Waals surface area contributed by atoms with E-state index in [4.69, 9.17) is 0 Å². The lowest BCUT2D eigenvalue weighted by Gasteiger charge is -2.28. The van der Waals surface area contributed by atoms with Crippen LogP contribution in [0.3, 0.4) is 0 Å². The number of hydrogen-bond acceptors (Lipinski definition) is 1. The quantitative estimate of drug-likeness (QED) is 0.293. The van der Waals surface area contributed by atoms with E-state index in [0.717, 1.165) is 37.0 Å². The van der Waals surface area contributed by atoms with Crippen molar-refractivity contribution < 1.29 is 31.1 Å². The van der Waals surface area contributed by atoms with Crippen molar-refractivity contribution in [3.63, 3.8) is 0 Å². The third kappa shape index (κ3) is 7.30. The second-order valence-corrected chi connectivity index (χ2v) is 9.14. The molecule has 0 bridgehead atoms. The van der Waals surface area contributed by atoms with Crippen LogP contribution in [0.5, 0.6) is 5.75 Å². The molecular weight excluding hydrogens is 490 g/mol. The Bertz CT molecular complexity index is 1140. The van der Waals surface area contributed by atoms with Crippen LogP contribution in [0, 0.1) is 23.4 Å². The molecule has 3 aromatic rings. The molecule has 0 spiro atoms. The Balaban J connectivity index is 0.00000186. The van der Waals surface area contributed by atoms with Gasteiger partial charge in [0.25, 0.3) is 0 Å². The Morgan fingerprint density at radius 1 is 0.730 bits per heavy atom. The fraction of sp³-hybridized carbons (Fsp3) is 0.400. The Kier molecular flexibility index (Phi) is 9.68. The van der Waals surface area contributed by atoms with Crippen LogP contribution in [0.4, 0.5) is 26.3 Å².